The number of hydrogen-bond donors (Lipinski definition) is 0. The van der Waals surface area contributed by atoms with Crippen LogP contribution in [0, 0.1) is 25.2 Å². The molecule has 6 nitrogen and oxygen atoms in total. The van der Waals surface area contributed by atoms with Gasteiger partial charge in [0.25, 0.3) is 5.91 Å². The molecule has 0 N–H and O–H groups in total. The van der Waals surface area contributed by atoms with Gasteiger partial charge in [-0.3, -0.25) is 9.59 Å². The molecule has 38 heavy (non-hydrogen) atoms. The molecule has 190 valence electrons. The molecule has 0 aliphatic carbocycles. The smallest absolute Gasteiger partial charge is 0.278 e. The molecule has 0 saturated heterocycles. The lowest BCUT2D eigenvalue weighted by Gasteiger charge is -2.28. The fourth-order valence-corrected chi connectivity index (χ4v) is 5.27. The lowest BCUT2D eigenvalue weighted by Crippen LogP contribution is -2.43. The minimum Gasteiger partial charge on any atom is -0.311 e. The van der Waals surface area contributed by atoms with Crippen LogP contribution in [0.5, 0.6) is 0 Å². The van der Waals surface area contributed by atoms with Crippen molar-refractivity contribution in [3.05, 3.63) is 112 Å². The van der Waals surface area contributed by atoms with E-state index in [0.29, 0.717) is 17.8 Å². The van der Waals surface area contributed by atoms with Crippen molar-refractivity contribution in [3.8, 4) is 6.07 Å². The fourth-order valence-electron chi connectivity index (χ4n) is 5.27. The summed E-state index contributed by atoms with van der Waals surface area (Å²) in [5.41, 5.74) is 4.47. The first kappa shape index (κ1) is 25.2. The van der Waals surface area contributed by atoms with Crippen LogP contribution in [-0.2, 0) is 10.2 Å². The first-order valence-electron chi connectivity index (χ1n) is 13.0. The van der Waals surface area contributed by atoms with Crippen molar-refractivity contribution in [3.63, 3.8) is 0 Å². The lowest BCUT2D eigenvalue weighted by molar-refractivity contribution is -0.121. The van der Waals surface area contributed by atoms with Gasteiger partial charge in [0.05, 0.1) is 17.4 Å². The number of unbranched alkanes of at least 4 members (excludes halogenated alkanes) is 1. The Kier molecular flexibility index (Phi) is 6.69. The summed E-state index contributed by atoms with van der Waals surface area (Å²) in [5, 5.41) is 16.5. The molecule has 2 aliphatic rings. The van der Waals surface area contributed by atoms with Gasteiger partial charge in [-0.2, -0.15) is 10.4 Å². The van der Waals surface area contributed by atoms with E-state index in [1.165, 1.54) is 11.2 Å². The maximum atomic E-state index is 14.4. The Morgan fingerprint density at radius 2 is 1.74 bits per heavy atom. The van der Waals surface area contributed by atoms with E-state index in [4.69, 9.17) is 5.10 Å². The van der Waals surface area contributed by atoms with Gasteiger partial charge in [-0.05, 0) is 49.6 Å². The lowest BCUT2D eigenvalue weighted by atomic mass is 9.71. The normalized spacial score (nSPS) is 18.5. The highest BCUT2D eigenvalue weighted by Crippen LogP contribution is 2.50. The molecule has 2 amide bonds. The van der Waals surface area contributed by atoms with Gasteiger partial charge >= 0.3 is 0 Å². The van der Waals surface area contributed by atoms with E-state index in [0.717, 1.165) is 40.8 Å². The molecule has 1 atom stereocenters. The van der Waals surface area contributed by atoms with Crippen molar-refractivity contribution in [2.24, 2.45) is 5.10 Å². The number of nitriles is 1. The van der Waals surface area contributed by atoms with Crippen molar-refractivity contribution >= 4 is 23.2 Å². The number of fused-ring (bicyclic) bond motifs is 2. The summed E-state index contributed by atoms with van der Waals surface area (Å²) in [6, 6.07) is 25.0. The molecule has 0 radical (unpaired) electrons. The van der Waals surface area contributed by atoms with Gasteiger partial charge in [-0.1, -0.05) is 79.1 Å². The maximum absolute atomic E-state index is 14.4. The van der Waals surface area contributed by atoms with Gasteiger partial charge in [0.1, 0.15) is 5.41 Å². The Labute approximate surface area is 223 Å². The number of aryl methyl sites for hydroxylation is 2. The molecule has 1 spiro atoms. The predicted octanol–water partition coefficient (Wildman–Crippen LogP) is 6.05. The SMILES string of the molecule is CCCCN1C(=O)C2(CC(c3ccc(C)cc3)=NN(C(=O)c3ccccc3)C=C2C#N)c2cc(C)ccc21. The summed E-state index contributed by atoms with van der Waals surface area (Å²) in [6.45, 7) is 6.65. The molecule has 0 bridgehead atoms. The second-order valence-corrected chi connectivity index (χ2v) is 10.00. The average Bonchev–Trinajstić information content (AvgIpc) is 3.05. The molecule has 2 heterocycles. The van der Waals surface area contributed by atoms with Gasteiger partial charge in [0.2, 0.25) is 5.91 Å². The van der Waals surface area contributed by atoms with Crippen LogP contribution >= 0.6 is 0 Å². The average molecular weight is 503 g/mol. The van der Waals surface area contributed by atoms with Gasteiger partial charge in [0, 0.05) is 30.4 Å². The minimum atomic E-state index is -1.28. The van der Waals surface area contributed by atoms with Crippen molar-refractivity contribution in [1.29, 1.82) is 5.26 Å². The van der Waals surface area contributed by atoms with Crippen LogP contribution in [0.2, 0.25) is 0 Å². The molecule has 3 aromatic rings. The Bertz CT molecular complexity index is 1500. The second-order valence-electron chi connectivity index (χ2n) is 10.00. The zero-order valence-corrected chi connectivity index (χ0v) is 21.9. The molecule has 0 aromatic heterocycles. The molecule has 6 heteroatoms. The highest BCUT2D eigenvalue weighted by Gasteiger charge is 2.55. The number of benzene rings is 3. The minimum absolute atomic E-state index is 0.145. The molecule has 0 fully saturated rings. The summed E-state index contributed by atoms with van der Waals surface area (Å²) < 4.78 is 0. The quantitative estimate of drug-likeness (QED) is 0.426. The molecular formula is C32H30N4O2. The summed E-state index contributed by atoms with van der Waals surface area (Å²) in [4.78, 5) is 29.8. The molecule has 0 saturated carbocycles. The fraction of sp³-hybridized carbons (Fsp3) is 0.250. The van der Waals surface area contributed by atoms with E-state index >= 15 is 0 Å². The number of carbonyl (C=O) groups is 2. The van der Waals surface area contributed by atoms with Crippen molar-refractivity contribution in [1.82, 2.24) is 5.01 Å². The van der Waals surface area contributed by atoms with Crippen molar-refractivity contribution in [2.45, 2.75) is 45.4 Å². The molecule has 3 aromatic carbocycles. The number of hydrogen-bond acceptors (Lipinski definition) is 4. The van der Waals surface area contributed by atoms with Crippen LogP contribution in [0.4, 0.5) is 5.69 Å². The second kappa shape index (κ2) is 10.1. The van der Waals surface area contributed by atoms with E-state index < -0.39 is 5.41 Å². The Morgan fingerprint density at radius 1 is 1.03 bits per heavy atom. The van der Waals surface area contributed by atoms with Crippen LogP contribution < -0.4 is 4.90 Å². The van der Waals surface area contributed by atoms with Crippen LogP contribution in [0.25, 0.3) is 0 Å². The Hall–Kier alpha value is -4.50. The number of rotatable bonds is 5. The largest absolute Gasteiger partial charge is 0.311 e. The summed E-state index contributed by atoms with van der Waals surface area (Å²) in [5.74, 6) is -0.508. The molecule has 2 aliphatic heterocycles. The number of nitrogens with zero attached hydrogens (tertiary/aromatic N) is 4. The Morgan fingerprint density at radius 3 is 2.42 bits per heavy atom. The van der Waals surface area contributed by atoms with Crippen LogP contribution in [-0.4, -0.2) is 29.1 Å². The van der Waals surface area contributed by atoms with E-state index in [1.54, 1.807) is 24.3 Å². The van der Waals surface area contributed by atoms with Crippen molar-refractivity contribution < 1.29 is 9.59 Å². The predicted molar refractivity (Wildman–Crippen MR) is 149 cm³/mol. The zero-order chi connectivity index (χ0) is 26.9. The highest BCUT2D eigenvalue weighted by molar-refractivity contribution is 6.16. The summed E-state index contributed by atoms with van der Waals surface area (Å²) in [6.07, 6.45) is 3.42. The van der Waals surface area contributed by atoms with Gasteiger partial charge < -0.3 is 4.90 Å². The third-order valence-corrected chi connectivity index (χ3v) is 7.35. The number of amides is 2. The third-order valence-electron chi connectivity index (χ3n) is 7.35. The van der Waals surface area contributed by atoms with Gasteiger partial charge in [-0.15, -0.1) is 0 Å². The van der Waals surface area contributed by atoms with E-state index in [9.17, 15) is 14.9 Å². The van der Waals surface area contributed by atoms with Crippen LogP contribution in [0.1, 0.15) is 58.8 Å². The first-order chi connectivity index (χ1) is 18.4. The summed E-state index contributed by atoms with van der Waals surface area (Å²) >= 11 is 0. The van der Waals surface area contributed by atoms with Crippen molar-refractivity contribution in [2.75, 3.05) is 11.4 Å². The topological polar surface area (TPSA) is 76.8 Å². The molecule has 1 unspecified atom stereocenters. The maximum Gasteiger partial charge on any atom is 0.278 e. The summed E-state index contributed by atoms with van der Waals surface area (Å²) in [7, 11) is 0. The number of carbonyl (C=O) groups excluding carboxylic acids is 2. The molecular weight excluding hydrogens is 472 g/mol. The molecule has 5 rings (SSSR count). The Balaban J connectivity index is 1.75. The highest BCUT2D eigenvalue weighted by atomic mass is 16.2. The monoisotopic (exact) mass is 502 g/mol. The van der Waals surface area contributed by atoms with Crippen LogP contribution in [0.15, 0.2) is 89.7 Å². The van der Waals surface area contributed by atoms with E-state index in [-0.39, 0.29) is 23.8 Å². The third kappa shape index (κ3) is 4.20. The van der Waals surface area contributed by atoms with E-state index in [1.807, 2.05) is 67.3 Å². The van der Waals surface area contributed by atoms with Crippen LogP contribution in [0.3, 0.4) is 0 Å². The number of anilines is 1. The first-order valence-corrected chi connectivity index (χ1v) is 13.0. The van der Waals surface area contributed by atoms with Gasteiger partial charge in [-0.25, -0.2) is 5.01 Å². The zero-order valence-electron chi connectivity index (χ0n) is 21.9. The standard InChI is InChI=1S/C32H30N4O2/c1-4-5-17-35-29-16-13-23(3)18-27(29)32(31(35)38)19-28(24-14-11-22(2)12-15-24)34-36(21-26(32)20-33)30(37)25-9-7-6-8-10-25/h6-16,18,21H,4-5,17,19H2,1-3H3. The van der Waals surface area contributed by atoms with Gasteiger partial charge in [0.15, 0.2) is 0 Å². The number of hydrazone groups is 1. The van der Waals surface area contributed by atoms with E-state index in [2.05, 4.69) is 13.0 Å².